The molecule has 0 aliphatic rings. The van der Waals surface area contributed by atoms with Crippen molar-refractivity contribution in [3.8, 4) is 5.75 Å². The van der Waals surface area contributed by atoms with Gasteiger partial charge in [-0.2, -0.15) is 13.8 Å². The van der Waals surface area contributed by atoms with E-state index in [1.165, 1.54) is 18.5 Å². The van der Waals surface area contributed by atoms with Crippen LogP contribution in [0.5, 0.6) is 5.75 Å². The fourth-order valence-corrected chi connectivity index (χ4v) is 1.32. The lowest BCUT2D eigenvalue weighted by molar-refractivity contribution is -0.0498. The second kappa shape index (κ2) is 4.88. The summed E-state index contributed by atoms with van der Waals surface area (Å²) in [6.45, 7) is -2.84. The molecule has 90 valence electrons. The molecule has 0 saturated heterocycles. The molecule has 0 fully saturated rings. The van der Waals surface area contributed by atoms with Gasteiger partial charge in [0.15, 0.2) is 5.82 Å². The Kier molecular flexibility index (Phi) is 3.29. The number of hydrogen-bond acceptors (Lipinski definition) is 5. The van der Waals surface area contributed by atoms with Gasteiger partial charge in [-0.3, -0.25) is 0 Å². The largest absolute Gasteiger partial charge is 0.435 e. The Hall–Kier alpha value is -2.02. The van der Waals surface area contributed by atoms with Crippen molar-refractivity contribution < 1.29 is 18.0 Å². The third kappa shape index (κ3) is 2.76. The zero-order valence-corrected chi connectivity index (χ0v) is 8.59. The normalized spacial score (nSPS) is 12.7. The summed E-state index contributed by atoms with van der Waals surface area (Å²) in [7, 11) is 0. The SMILES string of the molecule is NC(c1ccc(OC(F)F)cc1)c1ncon1. The van der Waals surface area contributed by atoms with Gasteiger partial charge in [-0.15, -0.1) is 0 Å². The minimum Gasteiger partial charge on any atom is -0.435 e. The van der Waals surface area contributed by atoms with E-state index in [0.717, 1.165) is 0 Å². The first kappa shape index (κ1) is 11.5. The summed E-state index contributed by atoms with van der Waals surface area (Å²) in [5.41, 5.74) is 6.51. The van der Waals surface area contributed by atoms with Gasteiger partial charge in [0.2, 0.25) is 6.39 Å². The minimum absolute atomic E-state index is 0.0732. The Morgan fingerprint density at radius 2 is 1.94 bits per heavy atom. The monoisotopic (exact) mass is 241 g/mol. The van der Waals surface area contributed by atoms with Crippen molar-refractivity contribution in [2.24, 2.45) is 5.73 Å². The first-order valence-corrected chi connectivity index (χ1v) is 4.73. The summed E-state index contributed by atoms with van der Waals surface area (Å²) < 4.78 is 32.6. The number of halogens is 2. The third-order valence-electron chi connectivity index (χ3n) is 2.12. The Labute approximate surface area is 95.2 Å². The molecular weight excluding hydrogens is 232 g/mol. The first-order chi connectivity index (χ1) is 8.16. The molecule has 1 unspecified atom stereocenters. The van der Waals surface area contributed by atoms with Crippen molar-refractivity contribution in [2.75, 3.05) is 0 Å². The predicted octanol–water partition coefficient (Wildman–Crippen LogP) is 1.72. The van der Waals surface area contributed by atoms with Gasteiger partial charge in [-0.25, -0.2) is 0 Å². The highest BCUT2D eigenvalue weighted by Gasteiger charge is 2.13. The Bertz CT molecular complexity index is 459. The molecule has 0 aliphatic carbocycles. The third-order valence-corrected chi connectivity index (χ3v) is 2.12. The summed E-state index contributed by atoms with van der Waals surface area (Å²) >= 11 is 0. The molecule has 5 nitrogen and oxygen atoms in total. The molecule has 1 aromatic heterocycles. The molecule has 1 atom stereocenters. The van der Waals surface area contributed by atoms with Crippen molar-refractivity contribution in [2.45, 2.75) is 12.7 Å². The molecule has 0 spiro atoms. The van der Waals surface area contributed by atoms with E-state index in [9.17, 15) is 8.78 Å². The molecule has 7 heteroatoms. The summed E-state index contributed by atoms with van der Waals surface area (Å²) in [5, 5.41) is 3.60. The maximum Gasteiger partial charge on any atom is 0.387 e. The number of aromatic nitrogens is 2. The molecular formula is C10H9F2N3O2. The number of benzene rings is 1. The first-order valence-electron chi connectivity index (χ1n) is 4.73. The number of nitrogens with zero attached hydrogens (tertiary/aromatic N) is 2. The molecule has 2 rings (SSSR count). The number of hydrogen-bond donors (Lipinski definition) is 1. The van der Waals surface area contributed by atoms with E-state index >= 15 is 0 Å². The highest BCUT2D eigenvalue weighted by molar-refractivity contribution is 5.31. The minimum atomic E-state index is -2.84. The van der Waals surface area contributed by atoms with Crippen LogP contribution in [0, 0.1) is 0 Å². The highest BCUT2D eigenvalue weighted by Crippen LogP contribution is 2.20. The van der Waals surface area contributed by atoms with Gasteiger partial charge in [-0.1, -0.05) is 17.3 Å². The van der Waals surface area contributed by atoms with E-state index in [1.54, 1.807) is 12.1 Å². The Morgan fingerprint density at radius 3 is 2.47 bits per heavy atom. The van der Waals surface area contributed by atoms with Crippen molar-refractivity contribution in [3.63, 3.8) is 0 Å². The lowest BCUT2D eigenvalue weighted by atomic mass is 10.1. The number of nitrogens with two attached hydrogens (primary N) is 1. The van der Waals surface area contributed by atoms with Crippen LogP contribution in [0.25, 0.3) is 0 Å². The molecule has 2 N–H and O–H groups in total. The van der Waals surface area contributed by atoms with Gasteiger partial charge < -0.3 is 15.0 Å². The molecule has 1 heterocycles. The van der Waals surface area contributed by atoms with Crippen LogP contribution in [0.15, 0.2) is 35.2 Å². The lowest BCUT2D eigenvalue weighted by Crippen LogP contribution is -2.13. The van der Waals surface area contributed by atoms with Crippen LogP contribution in [0.3, 0.4) is 0 Å². The summed E-state index contributed by atoms with van der Waals surface area (Å²) in [4.78, 5) is 3.81. The molecule has 17 heavy (non-hydrogen) atoms. The molecule has 1 aromatic carbocycles. The van der Waals surface area contributed by atoms with Gasteiger partial charge in [0.25, 0.3) is 0 Å². The van der Waals surface area contributed by atoms with E-state index in [0.29, 0.717) is 11.4 Å². The average molecular weight is 241 g/mol. The molecule has 0 bridgehead atoms. The predicted molar refractivity (Wildman–Crippen MR) is 53.4 cm³/mol. The van der Waals surface area contributed by atoms with Crippen LogP contribution >= 0.6 is 0 Å². The summed E-state index contributed by atoms with van der Waals surface area (Å²) in [6.07, 6.45) is 1.17. The Morgan fingerprint density at radius 1 is 1.24 bits per heavy atom. The van der Waals surface area contributed by atoms with Gasteiger partial charge in [0, 0.05) is 0 Å². The van der Waals surface area contributed by atoms with E-state index in [-0.39, 0.29) is 5.75 Å². The second-order valence-corrected chi connectivity index (χ2v) is 3.21. The fourth-order valence-electron chi connectivity index (χ4n) is 1.32. The zero-order chi connectivity index (χ0) is 12.3. The number of alkyl halides is 2. The second-order valence-electron chi connectivity index (χ2n) is 3.21. The molecule has 2 aromatic rings. The van der Waals surface area contributed by atoms with Crippen LogP contribution in [0.1, 0.15) is 17.4 Å². The number of ether oxygens (including phenoxy) is 1. The molecule has 0 radical (unpaired) electrons. The van der Waals surface area contributed by atoms with E-state index in [1.807, 2.05) is 0 Å². The number of rotatable bonds is 4. The van der Waals surface area contributed by atoms with Crippen LogP contribution < -0.4 is 10.5 Å². The summed E-state index contributed by atoms with van der Waals surface area (Å²) in [5.74, 6) is 0.400. The van der Waals surface area contributed by atoms with Crippen LogP contribution in [0.2, 0.25) is 0 Å². The Balaban J connectivity index is 2.12. The van der Waals surface area contributed by atoms with Crippen molar-refractivity contribution >= 4 is 0 Å². The van der Waals surface area contributed by atoms with E-state index in [2.05, 4.69) is 19.4 Å². The molecule has 0 amide bonds. The standard InChI is InChI=1S/C10H9F2N3O2/c11-10(12)17-7-3-1-6(2-4-7)8(13)9-14-5-16-15-9/h1-5,8,10H,13H2. The fraction of sp³-hybridized carbons (Fsp3) is 0.200. The van der Waals surface area contributed by atoms with Crippen LogP contribution in [0.4, 0.5) is 8.78 Å². The van der Waals surface area contributed by atoms with Crippen LogP contribution in [-0.4, -0.2) is 16.8 Å². The van der Waals surface area contributed by atoms with Crippen LogP contribution in [-0.2, 0) is 0 Å². The molecule has 0 aliphatic heterocycles. The van der Waals surface area contributed by atoms with E-state index in [4.69, 9.17) is 5.73 Å². The molecule has 0 saturated carbocycles. The average Bonchev–Trinajstić information content (AvgIpc) is 2.82. The highest BCUT2D eigenvalue weighted by atomic mass is 19.3. The van der Waals surface area contributed by atoms with Gasteiger partial charge in [-0.05, 0) is 17.7 Å². The van der Waals surface area contributed by atoms with Crippen molar-refractivity contribution in [3.05, 3.63) is 42.0 Å². The smallest absolute Gasteiger partial charge is 0.387 e. The van der Waals surface area contributed by atoms with Crippen molar-refractivity contribution in [1.29, 1.82) is 0 Å². The van der Waals surface area contributed by atoms with Gasteiger partial charge in [0.1, 0.15) is 5.75 Å². The lowest BCUT2D eigenvalue weighted by Gasteiger charge is -2.09. The summed E-state index contributed by atoms with van der Waals surface area (Å²) in [6, 6.07) is 5.38. The maximum atomic E-state index is 11.9. The van der Waals surface area contributed by atoms with Crippen molar-refractivity contribution in [1.82, 2.24) is 10.1 Å². The topological polar surface area (TPSA) is 74.2 Å². The van der Waals surface area contributed by atoms with Gasteiger partial charge in [0.05, 0.1) is 6.04 Å². The quantitative estimate of drug-likeness (QED) is 0.882. The van der Waals surface area contributed by atoms with E-state index < -0.39 is 12.7 Å². The maximum absolute atomic E-state index is 11.9. The van der Waals surface area contributed by atoms with Gasteiger partial charge >= 0.3 is 6.61 Å². The zero-order valence-electron chi connectivity index (χ0n) is 8.59.